The maximum absolute atomic E-state index is 13.5. The summed E-state index contributed by atoms with van der Waals surface area (Å²) in [4.78, 5) is 18.7. The molecule has 0 N–H and O–H groups in total. The highest BCUT2D eigenvalue weighted by Gasteiger charge is 2.19. The Morgan fingerprint density at radius 1 is 0.878 bits per heavy atom. The largest absolute Gasteiger partial charge is 0.486 e. The average molecular weight is 562 g/mol. The van der Waals surface area contributed by atoms with Gasteiger partial charge in [0.05, 0.1) is 10.2 Å². The Bertz CT molecular complexity index is 2000. The lowest BCUT2D eigenvalue weighted by molar-refractivity contribution is 0.171. The van der Waals surface area contributed by atoms with Crippen molar-refractivity contribution < 1.29 is 9.47 Å². The number of fused-ring (bicyclic) bond motifs is 2. The Morgan fingerprint density at radius 2 is 1.61 bits per heavy atom. The molecule has 3 aromatic carbocycles. The number of hydrogen-bond donors (Lipinski definition) is 0. The van der Waals surface area contributed by atoms with Crippen LogP contribution in [0.3, 0.4) is 0 Å². The van der Waals surface area contributed by atoms with Gasteiger partial charge in [-0.2, -0.15) is 14.6 Å². The maximum Gasteiger partial charge on any atom is 0.291 e. The van der Waals surface area contributed by atoms with Crippen molar-refractivity contribution >= 4 is 22.4 Å². The molecule has 8 nitrogen and oxygen atoms in total. The van der Waals surface area contributed by atoms with Crippen molar-refractivity contribution in [2.45, 2.75) is 26.2 Å². The Balaban J connectivity index is 1.31. The van der Waals surface area contributed by atoms with Gasteiger partial charge < -0.3 is 9.47 Å². The fourth-order valence-electron chi connectivity index (χ4n) is 4.84. The van der Waals surface area contributed by atoms with Gasteiger partial charge in [-0.25, -0.2) is 4.68 Å². The molecule has 9 heteroatoms. The molecule has 0 unspecified atom stereocenters. The Kier molecular flexibility index (Phi) is 5.97. The lowest BCUT2D eigenvalue weighted by Crippen LogP contribution is -2.23. The summed E-state index contributed by atoms with van der Waals surface area (Å²) in [5.74, 6) is 1.93. The van der Waals surface area contributed by atoms with Crippen LogP contribution in [0.4, 0.5) is 0 Å². The first-order valence-electron chi connectivity index (χ1n) is 13.4. The predicted octanol–water partition coefficient (Wildman–Crippen LogP) is 5.29. The summed E-state index contributed by atoms with van der Waals surface area (Å²) in [6, 6.07) is 23.9. The molecule has 4 heterocycles. The highest BCUT2D eigenvalue weighted by molar-refractivity contribution is 7.15. The van der Waals surface area contributed by atoms with Gasteiger partial charge in [0.2, 0.25) is 4.96 Å². The zero-order valence-corrected chi connectivity index (χ0v) is 23.7. The Hall–Kier alpha value is -4.76. The molecule has 0 fully saturated rings. The number of para-hydroxylation sites is 1. The fraction of sp³-hybridized carbons (Fsp3) is 0.188. The van der Waals surface area contributed by atoms with E-state index in [-0.39, 0.29) is 11.0 Å². The molecule has 3 aromatic heterocycles. The van der Waals surface area contributed by atoms with Crippen LogP contribution < -0.4 is 19.6 Å². The van der Waals surface area contributed by atoms with Crippen molar-refractivity contribution in [1.82, 2.24) is 24.4 Å². The minimum absolute atomic E-state index is 0.0561. The van der Waals surface area contributed by atoms with Gasteiger partial charge in [-0.05, 0) is 47.4 Å². The van der Waals surface area contributed by atoms with Gasteiger partial charge in [0.1, 0.15) is 18.9 Å². The molecule has 0 amide bonds. The Morgan fingerprint density at radius 3 is 2.34 bits per heavy atom. The third-order valence-electron chi connectivity index (χ3n) is 7.06. The van der Waals surface area contributed by atoms with Gasteiger partial charge in [-0.15, -0.1) is 5.10 Å². The van der Waals surface area contributed by atoms with Crippen LogP contribution in [0.25, 0.3) is 39.4 Å². The summed E-state index contributed by atoms with van der Waals surface area (Å²) in [7, 11) is 0. The number of ether oxygens (including phenoxy) is 2. The molecule has 0 saturated heterocycles. The zero-order chi connectivity index (χ0) is 28.1. The molecular formula is C32H27N5O3S. The second-order valence-corrected chi connectivity index (χ2v) is 12.0. The van der Waals surface area contributed by atoms with Gasteiger partial charge in [0, 0.05) is 22.9 Å². The van der Waals surface area contributed by atoms with Crippen molar-refractivity contribution in [1.29, 1.82) is 0 Å². The van der Waals surface area contributed by atoms with Crippen molar-refractivity contribution in [3.8, 4) is 39.8 Å². The fourth-order valence-corrected chi connectivity index (χ4v) is 5.74. The number of hydrogen-bond acceptors (Lipinski definition) is 7. The van der Waals surface area contributed by atoms with Crippen LogP contribution in [-0.2, 0) is 5.41 Å². The van der Waals surface area contributed by atoms with Gasteiger partial charge in [0.15, 0.2) is 17.3 Å². The van der Waals surface area contributed by atoms with E-state index < -0.39 is 0 Å². The first-order chi connectivity index (χ1) is 19.8. The van der Waals surface area contributed by atoms with Crippen LogP contribution in [-0.4, -0.2) is 37.6 Å². The smallest absolute Gasteiger partial charge is 0.291 e. The average Bonchev–Trinajstić information content (AvgIpc) is 3.68. The van der Waals surface area contributed by atoms with Crippen LogP contribution >= 0.6 is 11.3 Å². The SMILES string of the molecule is CC(C)(C)c1ccc(-c2nc3s/c(=C\c4cn(-c5ccccc5)nc4-c4ccc5c(c4)OCCO5)c(=O)n3n2)cc1. The summed E-state index contributed by atoms with van der Waals surface area (Å²) in [5, 5.41) is 9.45. The number of nitrogens with zero attached hydrogens (tertiary/aromatic N) is 5. The number of thiazole rings is 1. The molecule has 0 aliphatic carbocycles. The molecule has 6 aromatic rings. The van der Waals surface area contributed by atoms with Crippen LogP contribution in [0.1, 0.15) is 31.9 Å². The van der Waals surface area contributed by atoms with Crippen molar-refractivity contribution in [2.24, 2.45) is 0 Å². The second-order valence-electron chi connectivity index (χ2n) is 10.9. The number of rotatable bonds is 4. The number of benzene rings is 3. The van der Waals surface area contributed by atoms with E-state index in [4.69, 9.17) is 14.6 Å². The lowest BCUT2D eigenvalue weighted by atomic mass is 9.87. The summed E-state index contributed by atoms with van der Waals surface area (Å²) >= 11 is 1.31. The van der Waals surface area contributed by atoms with E-state index >= 15 is 0 Å². The minimum Gasteiger partial charge on any atom is -0.486 e. The van der Waals surface area contributed by atoms with E-state index in [0.29, 0.717) is 40.0 Å². The molecule has 0 saturated carbocycles. The topological polar surface area (TPSA) is 83.5 Å². The summed E-state index contributed by atoms with van der Waals surface area (Å²) in [6.07, 6.45) is 3.79. The molecule has 0 bridgehead atoms. The zero-order valence-electron chi connectivity index (χ0n) is 22.9. The summed E-state index contributed by atoms with van der Waals surface area (Å²) in [6.45, 7) is 7.56. The van der Waals surface area contributed by atoms with E-state index in [0.717, 1.165) is 28.1 Å². The van der Waals surface area contributed by atoms with Crippen LogP contribution in [0.15, 0.2) is 83.8 Å². The monoisotopic (exact) mass is 561 g/mol. The quantitative estimate of drug-likeness (QED) is 0.291. The molecular weight excluding hydrogens is 534 g/mol. The maximum atomic E-state index is 13.5. The normalized spacial score (nSPS) is 13.7. The third kappa shape index (κ3) is 4.68. The van der Waals surface area contributed by atoms with Gasteiger partial charge >= 0.3 is 0 Å². The molecule has 1 aliphatic rings. The number of aromatic nitrogens is 5. The van der Waals surface area contributed by atoms with Crippen LogP contribution in [0, 0.1) is 0 Å². The molecule has 0 spiro atoms. The van der Waals surface area contributed by atoms with Crippen molar-refractivity contribution in [2.75, 3.05) is 13.2 Å². The predicted molar refractivity (Wildman–Crippen MR) is 160 cm³/mol. The molecule has 204 valence electrons. The molecule has 0 radical (unpaired) electrons. The highest BCUT2D eigenvalue weighted by atomic mass is 32.1. The highest BCUT2D eigenvalue weighted by Crippen LogP contribution is 2.35. The van der Waals surface area contributed by atoms with E-state index in [9.17, 15) is 4.79 Å². The second kappa shape index (κ2) is 9.71. The van der Waals surface area contributed by atoms with Crippen LogP contribution in [0.2, 0.25) is 0 Å². The first kappa shape index (κ1) is 25.2. The molecule has 7 rings (SSSR count). The Labute approximate surface area is 240 Å². The van der Waals surface area contributed by atoms with Crippen molar-refractivity contribution in [3.05, 3.63) is 105 Å². The minimum atomic E-state index is -0.212. The molecule has 0 atom stereocenters. The first-order valence-corrected chi connectivity index (χ1v) is 14.2. The summed E-state index contributed by atoms with van der Waals surface area (Å²) < 4.78 is 15.3. The lowest BCUT2D eigenvalue weighted by Gasteiger charge is -2.18. The standard InChI is InChI=1S/C32H27N5O3S/c1-32(2,3)23-12-9-20(10-13-23)29-33-31-37(35-29)30(38)27(41-31)18-22-19-36(24-7-5-4-6-8-24)34-28(22)21-11-14-25-26(17-21)40-16-15-39-25/h4-14,17-19H,15-16H2,1-3H3/b27-18-. The molecule has 1 aliphatic heterocycles. The van der Waals surface area contributed by atoms with E-state index in [1.807, 2.05) is 77.6 Å². The van der Waals surface area contributed by atoms with Gasteiger partial charge in [-0.3, -0.25) is 4.79 Å². The third-order valence-corrected chi connectivity index (χ3v) is 8.02. The van der Waals surface area contributed by atoms with Crippen molar-refractivity contribution in [3.63, 3.8) is 0 Å². The molecule has 41 heavy (non-hydrogen) atoms. The van der Waals surface area contributed by atoms with E-state index in [1.54, 1.807) is 0 Å². The van der Waals surface area contributed by atoms with E-state index in [2.05, 4.69) is 43.0 Å². The van der Waals surface area contributed by atoms with Gasteiger partial charge in [0.25, 0.3) is 5.56 Å². The summed E-state index contributed by atoms with van der Waals surface area (Å²) in [5.41, 5.74) is 5.25. The van der Waals surface area contributed by atoms with Crippen LogP contribution in [0.5, 0.6) is 11.5 Å². The van der Waals surface area contributed by atoms with E-state index in [1.165, 1.54) is 21.4 Å². The van der Waals surface area contributed by atoms with Gasteiger partial charge in [-0.1, -0.05) is 74.6 Å².